The molecule has 9 nitrogen and oxygen atoms in total. The largest absolute Gasteiger partial charge is 0.497 e. The van der Waals surface area contributed by atoms with Gasteiger partial charge >= 0.3 is 0 Å². The average Bonchev–Trinajstić information content (AvgIpc) is 3.63. The number of pyridine rings is 1. The molecule has 1 atom stereocenters. The second kappa shape index (κ2) is 9.52. The van der Waals surface area contributed by atoms with E-state index in [1.165, 1.54) is 16.8 Å². The van der Waals surface area contributed by atoms with E-state index >= 15 is 0 Å². The molecule has 4 aromatic rings. The summed E-state index contributed by atoms with van der Waals surface area (Å²) < 4.78 is 12.7. The predicted molar refractivity (Wildman–Crippen MR) is 127 cm³/mol. The third kappa shape index (κ3) is 4.32. The molecule has 4 heterocycles. The Morgan fingerprint density at radius 2 is 1.91 bits per heavy atom. The maximum absolute atomic E-state index is 13.3. The quantitative estimate of drug-likeness (QED) is 0.374. The van der Waals surface area contributed by atoms with Crippen LogP contribution in [0.3, 0.4) is 0 Å². The van der Waals surface area contributed by atoms with Crippen molar-refractivity contribution >= 4 is 23.4 Å². The molecule has 0 N–H and O–H groups in total. The molecular weight excluding hydrogens is 452 g/mol. The van der Waals surface area contributed by atoms with E-state index in [0.717, 1.165) is 22.6 Å². The topological polar surface area (TPSA) is 98.6 Å². The molecule has 0 spiro atoms. The summed E-state index contributed by atoms with van der Waals surface area (Å²) in [4.78, 5) is 17.3. The van der Waals surface area contributed by atoms with Crippen LogP contribution in [0.25, 0.3) is 11.4 Å². The van der Waals surface area contributed by atoms with E-state index < -0.39 is 0 Å². The maximum atomic E-state index is 13.3. The van der Waals surface area contributed by atoms with Gasteiger partial charge in [0.05, 0.1) is 24.8 Å². The van der Waals surface area contributed by atoms with Crippen molar-refractivity contribution in [3.05, 3.63) is 78.5 Å². The Morgan fingerprint density at radius 1 is 1.12 bits per heavy atom. The van der Waals surface area contributed by atoms with Gasteiger partial charge in [0.15, 0.2) is 11.0 Å². The lowest BCUT2D eigenvalue weighted by Crippen LogP contribution is -2.28. The van der Waals surface area contributed by atoms with Gasteiger partial charge in [-0.25, -0.2) is 5.01 Å². The van der Waals surface area contributed by atoms with Crippen molar-refractivity contribution in [1.29, 1.82) is 0 Å². The Hall–Kier alpha value is -3.92. The van der Waals surface area contributed by atoms with Gasteiger partial charge in [-0.1, -0.05) is 11.8 Å². The van der Waals surface area contributed by atoms with E-state index in [4.69, 9.17) is 9.15 Å². The summed E-state index contributed by atoms with van der Waals surface area (Å²) in [6.45, 7) is 0. The molecule has 0 radical (unpaired) electrons. The first kappa shape index (κ1) is 21.9. The van der Waals surface area contributed by atoms with Gasteiger partial charge < -0.3 is 13.7 Å². The molecule has 34 heavy (non-hydrogen) atoms. The van der Waals surface area contributed by atoms with Crippen LogP contribution >= 0.6 is 11.8 Å². The molecule has 5 rings (SSSR count). The smallest absolute Gasteiger partial charge is 0.253 e. The van der Waals surface area contributed by atoms with E-state index in [2.05, 4.69) is 20.3 Å². The monoisotopic (exact) mass is 474 g/mol. The van der Waals surface area contributed by atoms with Crippen LogP contribution in [0, 0.1) is 0 Å². The Labute approximate surface area is 200 Å². The highest BCUT2D eigenvalue weighted by Crippen LogP contribution is 2.34. The normalized spacial score (nSPS) is 15.4. The maximum Gasteiger partial charge on any atom is 0.253 e. The molecule has 0 saturated heterocycles. The average molecular weight is 475 g/mol. The molecule has 1 aliphatic heterocycles. The zero-order valence-corrected chi connectivity index (χ0v) is 19.5. The summed E-state index contributed by atoms with van der Waals surface area (Å²) in [5.74, 6) is 2.21. The van der Waals surface area contributed by atoms with E-state index in [1.807, 2.05) is 60.1 Å². The molecule has 0 bridgehead atoms. The van der Waals surface area contributed by atoms with Gasteiger partial charge in [-0.3, -0.25) is 9.78 Å². The van der Waals surface area contributed by atoms with Crippen molar-refractivity contribution < 1.29 is 13.9 Å². The number of furan rings is 1. The lowest BCUT2D eigenvalue weighted by molar-refractivity contribution is -0.130. The highest BCUT2D eigenvalue weighted by Gasteiger charge is 2.35. The number of carbonyl (C=O) groups excluding carboxylic acids is 1. The van der Waals surface area contributed by atoms with Gasteiger partial charge in [0, 0.05) is 31.4 Å². The van der Waals surface area contributed by atoms with Crippen LogP contribution in [0.5, 0.6) is 5.75 Å². The Bertz CT molecular complexity index is 1300. The highest BCUT2D eigenvalue weighted by molar-refractivity contribution is 7.99. The zero-order chi connectivity index (χ0) is 23.5. The van der Waals surface area contributed by atoms with E-state index in [1.54, 1.807) is 25.8 Å². The number of hydrazone groups is 1. The number of methoxy groups -OCH3 is 1. The van der Waals surface area contributed by atoms with Gasteiger partial charge in [0.25, 0.3) is 5.91 Å². The molecule has 1 amide bonds. The summed E-state index contributed by atoms with van der Waals surface area (Å²) in [6, 6.07) is 14.8. The number of benzene rings is 1. The van der Waals surface area contributed by atoms with Crippen molar-refractivity contribution in [2.45, 2.75) is 17.6 Å². The molecule has 0 unspecified atom stereocenters. The van der Waals surface area contributed by atoms with Crippen molar-refractivity contribution in [2.75, 3.05) is 12.9 Å². The first-order valence-corrected chi connectivity index (χ1v) is 11.6. The minimum absolute atomic E-state index is 0.136. The molecule has 3 aromatic heterocycles. The molecule has 172 valence electrons. The van der Waals surface area contributed by atoms with E-state index in [0.29, 0.717) is 23.2 Å². The van der Waals surface area contributed by atoms with Gasteiger partial charge in [0.2, 0.25) is 0 Å². The fourth-order valence-corrected chi connectivity index (χ4v) is 4.55. The summed E-state index contributed by atoms with van der Waals surface area (Å²) in [6.07, 6.45) is 5.59. The number of carbonyl (C=O) groups is 1. The zero-order valence-electron chi connectivity index (χ0n) is 18.7. The molecule has 1 aromatic carbocycles. The lowest BCUT2D eigenvalue weighted by atomic mass is 10.0. The fourth-order valence-electron chi connectivity index (χ4n) is 3.79. The van der Waals surface area contributed by atoms with Crippen LogP contribution in [0.2, 0.25) is 0 Å². The molecule has 1 aliphatic rings. The Morgan fingerprint density at radius 3 is 2.62 bits per heavy atom. The minimum atomic E-state index is -0.299. The van der Waals surface area contributed by atoms with Gasteiger partial charge in [0.1, 0.15) is 17.6 Å². The Kier molecular flexibility index (Phi) is 6.13. The van der Waals surface area contributed by atoms with E-state index in [9.17, 15) is 4.79 Å². The number of hydrogen-bond donors (Lipinski definition) is 0. The molecule has 0 fully saturated rings. The third-order valence-corrected chi connectivity index (χ3v) is 6.56. The summed E-state index contributed by atoms with van der Waals surface area (Å²) in [5.41, 5.74) is 2.67. The van der Waals surface area contributed by atoms with Gasteiger partial charge in [-0.2, -0.15) is 5.10 Å². The van der Waals surface area contributed by atoms with Crippen molar-refractivity contribution in [2.24, 2.45) is 12.1 Å². The first-order chi connectivity index (χ1) is 16.6. The van der Waals surface area contributed by atoms with Gasteiger partial charge in [-0.05, 0) is 54.1 Å². The standard InChI is InChI=1S/C24H22N6O3S/c1-29-23(17-9-11-25-12-10-17)26-27-24(29)34-15-22(31)30-20(21-4-3-13-33-21)14-19(28-30)16-5-7-18(32-2)8-6-16/h3-13,20H,14-15H2,1-2H3/t20-/m1/s1. The molecular formula is C24H22N6O3S. The number of nitrogens with zero attached hydrogens (tertiary/aromatic N) is 6. The number of rotatable bonds is 7. The SMILES string of the molecule is COc1ccc(C2=NN(C(=O)CSc3nnc(-c4ccncc4)n3C)[C@@H](c3ccco3)C2)cc1. The molecule has 10 heteroatoms. The second-order valence-electron chi connectivity index (χ2n) is 7.64. The van der Waals surface area contributed by atoms with Crippen LogP contribution in [-0.4, -0.2) is 49.2 Å². The number of aromatic nitrogens is 4. The van der Waals surface area contributed by atoms with Crippen molar-refractivity contribution in [3.63, 3.8) is 0 Å². The predicted octanol–water partition coefficient (Wildman–Crippen LogP) is 3.95. The number of amides is 1. The van der Waals surface area contributed by atoms with Crippen LogP contribution < -0.4 is 4.74 Å². The van der Waals surface area contributed by atoms with Crippen LogP contribution in [-0.2, 0) is 11.8 Å². The molecule has 0 aliphatic carbocycles. The third-order valence-electron chi connectivity index (χ3n) is 5.56. The summed E-state index contributed by atoms with van der Waals surface area (Å²) in [5, 5.41) is 15.4. The number of thioether (sulfide) groups is 1. The van der Waals surface area contributed by atoms with Crippen LogP contribution in [0.4, 0.5) is 0 Å². The fraction of sp³-hybridized carbons (Fsp3) is 0.208. The summed E-state index contributed by atoms with van der Waals surface area (Å²) >= 11 is 1.32. The first-order valence-electron chi connectivity index (χ1n) is 10.6. The van der Waals surface area contributed by atoms with Crippen molar-refractivity contribution in [1.82, 2.24) is 24.8 Å². The summed E-state index contributed by atoms with van der Waals surface area (Å²) in [7, 11) is 3.51. The lowest BCUT2D eigenvalue weighted by Gasteiger charge is -2.19. The number of hydrogen-bond acceptors (Lipinski definition) is 8. The van der Waals surface area contributed by atoms with Crippen LogP contribution in [0.1, 0.15) is 23.8 Å². The number of ether oxygens (including phenoxy) is 1. The second-order valence-corrected chi connectivity index (χ2v) is 8.58. The van der Waals surface area contributed by atoms with E-state index in [-0.39, 0.29) is 17.7 Å². The minimum Gasteiger partial charge on any atom is -0.497 e. The van der Waals surface area contributed by atoms with Gasteiger partial charge in [-0.15, -0.1) is 10.2 Å². The Balaban J connectivity index is 1.34. The van der Waals surface area contributed by atoms with Crippen molar-refractivity contribution in [3.8, 4) is 17.1 Å². The highest BCUT2D eigenvalue weighted by atomic mass is 32.2. The van der Waals surface area contributed by atoms with Crippen LogP contribution in [0.15, 0.2) is 81.9 Å². The molecule has 0 saturated carbocycles.